The molecule has 78 valence electrons. The Labute approximate surface area is 82.0 Å². The molecule has 0 fully saturated rings. The van der Waals surface area contributed by atoms with Gasteiger partial charge in [0.05, 0.1) is 18.9 Å². The van der Waals surface area contributed by atoms with Crippen LogP contribution in [0.25, 0.3) is 0 Å². The van der Waals surface area contributed by atoms with Crippen molar-refractivity contribution in [3.8, 4) is 0 Å². The van der Waals surface area contributed by atoms with Gasteiger partial charge in [-0.25, -0.2) is 0 Å². The van der Waals surface area contributed by atoms with Crippen LogP contribution >= 0.6 is 0 Å². The minimum atomic E-state index is -0.749. The second kappa shape index (κ2) is 4.21. The zero-order chi connectivity index (χ0) is 10.6. The van der Waals surface area contributed by atoms with Crippen molar-refractivity contribution in [1.82, 2.24) is 9.78 Å². The average molecular weight is 199 g/mol. The van der Waals surface area contributed by atoms with Gasteiger partial charge >= 0.3 is 0 Å². The van der Waals surface area contributed by atoms with E-state index in [0.717, 1.165) is 0 Å². The molecule has 0 aliphatic rings. The minimum absolute atomic E-state index is 0.306. The number of nitrogens with zero attached hydrogens (tertiary/aromatic N) is 3. The SMILES string of the molecule is CC(C)(CF)C(Cn1cccn1)=NO. The van der Waals surface area contributed by atoms with E-state index in [1.807, 2.05) is 0 Å². The molecule has 0 spiro atoms. The molecule has 4 nitrogen and oxygen atoms in total. The molecular weight excluding hydrogens is 185 g/mol. The van der Waals surface area contributed by atoms with E-state index in [0.29, 0.717) is 12.3 Å². The molecule has 0 amide bonds. The standard InChI is InChI=1S/C9H14FN3O/c1-9(2,7-10)8(12-14)6-13-5-3-4-11-13/h3-5,14H,6-7H2,1-2H3. The summed E-state index contributed by atoms with van der Waals surface area (Å²) < 4.78 is 14.2. The molecule has 0 aliphatic carbocycles. The topological polar surface area (TPSA) is 50.4 Å². The van der Waals surface area contributed by atoms with E-state index in [2.05, 4.69) is 10.3 Å². The van der Waals surface area contributed by atoms with Gasteiger partial charge in [-0.1, -0.05) is 19.0 Å². The molecule has 14 heavy (non-hydrogen) atoms. The molecule has 0 radical (unpaired) electrons. The fourth-order valence-corrected chi connectivity index (χ4v) is 1.01. The van der Waals surface area contributed by atoms with Crippen LogP contribution in [-0.2, 0) is 6.54 Å². The molecule has 1 heterocycles. The fourth-order valence-electron chi connectivity index (χ4n) is 1.01. The van der Waals surface area contributed by atoms with Gasteiger partial charge in [0.15, 0.2) is 0 Å². The quantitative estimate of drug-likeness (QED) is 0.456. The lowest BCUT2D eigenvalue weighted by molar-refractivity contribution is 0.287. The molecule has 0 aromatic carbocycles. The van der Waals surface area contributed by atoms with E-state index in [4.69, 9.17) is 5.21 Å². The summed E-state index contributed by atoms with van der Waals surface area (Å²) in [5, 5.41) is 15.8. The third-order valence-electron chi connectivity index (χ3n) is 2.11. The Morgan fingerprint density at radius 3 is 2.79 bits per heavy atom. The lowest BCUT2D eigenvalue weighted by atomic mass is 9.89. The van der Waals surface area contributed by atoms with Crippen LogP contribution in [-0.4, -0.2) is 27.4 Å². The lowest BCUT2D eigenvalue weighted by Crippen LogP contribution is -2.30. The highest BCUT2D eigenvalue weighted by Gasteiger charge is 2.26. The molecule has 1 N–H and O–H groups in total. The van der Waals surface area contributed by atoms with Crippen molar-refractivity contribution in [2.45, 2.75) is 20.4 Å². The smallest absolute Gasteiger partial charge is 0.0999 e. The highest BCUT2D eigenvalue weighted by molar-refractivity contribution is 5.88. The zero-order valence-corrected chi connectivity index (χ0v) is 8.31. The number of halogens is 1. The van der Waals surface area contributed by atoms with Crippen LogP contribution in [0, 0.1) is 5.41 Å². The number of alkyl halides is 1. The first kappa shape index (κ1) is 10.7. The predicted octanol–water partition coefficient (Wildman–Crippen LogP) is 1.71. The Morgan fingerprint density at radius 2 is 2.36 bits per heavy atom. The molecule has 0 saturated heterocycles. The van der Waals surface area contributed by atoms with E-state index in [1.165, 1.54) is 0 Å². The average Bonchev–Trinajstić information content (AvgIpc) is 2.66. The van der Waals surface area contributed by atoms with Gasteiger partial charge in [0.25, 0.3) is 0 Å². The summed E-state index contributed by atoms with van der Waals surface area (Å²) >= 11 is 0. The summed E-state index contributed by atoms with van der Waals surface area (Å²) in [7, 11) is 0. The number of aromatic nitrogens is 2. The van der Waals surface area contributed by atoms with Crippen molar-refractivity contribution in [2.24, 2.45) is 10.6 Å². The van der Waals surface area contributed by atoms with Crippen LogP contribution < -0.4 is 0 Å². The Balaban J connectivity index is 2.75. The van der Waals surface area contributed by atoms with Gasteiger partial charge < -0.3 is 5.21 Å². The van der Waals surface area contributed by atoms with Gasteiger partial charge in [0.2, 0.25) is 0 Å². The number of hydrogen-bond donors (Lipinski definition) is 1. The van der Waals surface area contributed by atoms with Gasteiger partial charge in [0.1, 0.15) is 0 Å². The Bertz CT molecular complexity index is 306. The first-order valence-electron chi connectivity index (χ1n) is 4.35. The molecule has 1 aromatic heterocycles. The van der Waals surface area contributed by atoms with E-state index < -0.39 is 12.1 Å². The largest absolute Gasteiger partial charge is 0.411 e. The molecule has 0 atom stereocenters. The minimum Gasteiger partial charge on any atom is -0.411 e. The van der Waals surface area contributed by atoms with Gasteiger partial charge in [-0.3, -0.25) is 9.07 Å². The molecular formula is C9H14FN3O. The number of oxime groups is 1. The predicted molar refractivity (Wildman–Crippen MR) is 51.2 cm³/mol. The maximum Gasteiger partial charge on any atom is 0.0999 e. The molecule has 5 heteroatoms. The Hall–Kier alpha value is -1.39. The van der Waals surface area contributed by atoms with Crippen molar-refractivity contribution in [3.63, 3.8) is 0 Å². The van der Waals surface area contributed by atoms with Crippen LogP contribution in [0.4, 0.5) is 4.39 Å². The summed E-state index contributed by atoms with van der Waals surface area (Å²) in [5.41, 5.74) is -0.371. The second-order valence-corrected chi connectivity index (χ2v) is 3.77. The van der Waals surface area contributed by atoms with Crippen molar-refractivity contribution < 1.29 is 9.60 Å². The lowest BCUT2D eigenvalue weighted by Gasteiger charge is -2.21. The third-order valence-corrected chi connectivity index (χ3v) is 2.11. The Morgan fingerprint density at radius 1 is 1.64 bits per heavy atom. The first-order chi connectivity index (χ1) is 6.60. The maximum absolute atomic E-state index is 12.6. The highest BCUT2D eigenvalue weighted by Crippen LogP contribution is 2.19. The zero-order valence-electron chi connectivity index (χ0n) is 8.31. The van der Waals surface area contributed by atoms with Crippen LogP contribution in [0.1, 0.15) is 13.8 Å². The van der Waals surface area contributed by atoms with Crippen LogP contribution in [0.3, 0.4) is 0 Å². The van der Waals surface area contributed by atoms with Crippen molar-refractivity contribution in [2.75, 3.05) is 6.67 Å². The van der Waals surface area contributed by atoms with Gasteiger partial charge in [-0.15, -0.1) is 0 Å². The van der Waals surface area contributed by atoms with Crippen LogP contribution in [0.5, 0.6) is 0 Å². The van der Waals surface area contributed by atoms with E-state index >= 15 is 0 Å². The van der Waals surface area contributed by atoms with E-state index in [-0.39, 0.29) is 0 Å². The highest BCUT2D eigenvalue weighted by atomic mass is 19.1. The van der Waals surface area contributed by atoms with Gasteiger partial charge in [-0.2, -0.15) is 5.10 Å². The van der Waals surface area contributed by atoms with Crippen LogP contribution in [0.2, 0.25) is 0 Å². The van der Waals surface area contributed by atoms with Crippen molar-refractivity contribution >= 4 is 5.71 Å². The van der Waals surface area contributed by atoms with Crippen LogP contribution in [0.15, 0.2) is 23.6 Å². The summed E-state index contributed by atoms with van der Waals surface area (Å²) in [5.74, 6) is 0. The fraction of sp³-hybridized carbons (Fsp3) is 0.556. The van der Waals surface area contributed by atoms with Gasteiger partial charge in [-0.05, 0) is 6.07 Å². The normalized spacial score (nSPS) is 13.2. The molecule has 0 bridgehead atoms. The van der Waals surface area contributed by atoms with Gasteiger partial charge in [0, 0.05) is 17.8 Å². The first-order valence-corrected chi connectivity index (χ1v) is 4.35. The Kier molecular flexibility index (Phi) is 3.22. The molecule has 0 aliphatic heterocycles. The number of rotatable bonds is 4. The maximum atomic E-state index is 12.6. The third kappa shape index (κ3) is 2.31. The van der Waals surface area contributed by atoms with Crippen molar-refractivity contribution in [1.29, 1.82) is 0 Å². The molecule has 0 saturated carbocycles. The number of hydrogen-bond acceptors (Lipinski definition) is 3. The van der Waals surface area contributed by atoms with E-state index in [1.54, 1.807) is 37.0 Å². The summed E-state index contributed by atoms with van der Waals surface area (Å²) in [6.45, 7) is 3.12. The molecule has 1 rings (SSSR count). The molecule has 1 aromatic rings. The molecule has 0 unspecified atom stereocenters. The summed E-state index contributed by atoms with van der Waals surface area (Å²) in [6, 6.07) is 1.76. The second-order valence-electron chi connectivity index (χ2n) is 3.77. The summed E-state index contributed by atoms with van der Waals surface area (Å²) in [6.07, 6.45) is 3.36. The van der Waals surface area contributed by atoms with Crippen molar-refractivity contribution in [3.05, 3.63) is 18.5 Å². The van der Waals surface area contributed by atoms with E-state index in [9.17, 15) is 4.39 Å². The summed E-state index contributed by atoms with van der Waals surface area (Å²) in [4.78, 5) is 0. The monoisotopic (exact) mass is 199 g/mol.